The molecular weight excluding hydrogens is 357 g/mol. The van der Waals surface area contributed by atoms with Gasteiger partial charge >= 0.3 is 0 Å². The van der Waals surface area contributed by atoms with Crippen LogP contribution in [-0.4, -0.2) is 15.7 Å². The van der Waals surface area contributed by atoms with Gasteiger partial charge in [0.1, 0.15) is 5.82 Å². The molecule has 1 heterocycles. The first-order chi connectivity index (χ1) is 12.3. The highest BCUT2D eigenvalue weighted by Gasteiger charge is 2.17. The Hall–Kier alpha value is -2.99. The zero-order valence-corrected chi connectivity index (χ0v) is 14.8. The van der Waals surface area contributed by atoms with Crippen molar-refractivity contribution in [2.75, 3.05) is 5.32 Å². The van der Waals surface area contributed by atoms with Crippen molar-refractivity contribution in [3.8, 4) is 5.69 Å². The van der Waals surface area contributed by atoms with E-state index in [1.165, 1.54) is 22.9 Å². The van der Waals surface area contributed by atoms with E-state index >= 15 is 0 Å². The lowest BCUT2D eigenvalue weighted by atomic mass is 10.2. The molecule has 1 N–H and O–H groups in total. The molecule has 0 aliphatic heterocycles. The molecule has 1 amide bonds. The average molecular weight is 372 g/mol. The van der Waals surface area contributed by atoms with Crippen molar-refractivity contribution in [1.82, 2.24) is 9.78 Å². The van der Waals surface area contributed by atoms with E-state index in [2.05, 4.69) is 10.4 Å². The Morgan fingerprint density at radius 2 is 1.81 bits per heavy atom. The van der Waals surface area contributed by atoms with E-state index in [1.807, 2.05) is 0 Å². The third kappa shape index (κ3) is 3.65. The summed E-state index contributed by atoms with van der Waals surface area (Å²) in [7, 11) is 0. The van der Waals surface area contributed by atoms with Crippen LogP contribution in [0.3, 0.4) is 0 Å². The van der Waals surface area contributed by atoms with E-state index < -0.39 is 17.2 Å². The molecule has 0 saturated carbocycles. The molecule has 3 aromatic rings. The number of benzene rings is 2. The van der Waals surface area contributed by atoms with Crippen LogP contribution in [0.4, 0.5) is 10.1 Å². The average Bonchev–Trinajstić information content (AvgIpc) is 2.59. The number of amides is 1. The molecular formula is C19H15ClFN3O2. The third-order valence-corrected chi connectivity index (χ3v) is 4.02. The molecule has 0 atom stereocenters. The second kappa shape index (κ2) is 7.09. The van der Waals surface area contributed by atoms with Crippen molar-refractivity contribution >= 4 is 23.2 Å². The predicted octanol–water partition coefficient (Wildman–Crippen LogP) is 3.89. The fourth-order valence-corrected chi connectivity index (χ4v) is 2.59. The highest BCUT2D eigenvalue weighted by atomic mass is 35.5. The lowest BCUT2D eigenvalue weighted by molar-refractivity contribution is 0.101. The number of nitrogens with zero attached hydrogens (tertiary/aromatic N) is 2. The van der Waals surface area contributed by atoms with E-state index in [4.69, 9.17) is 11.6 Å². The van der Waals surface area contributed by atoms with Crippen LogP contribution in [0.25, 0.3) is 5.69 Å². The van der Waals surface area contributed by atoms with E-state index in [1.54, 1.807) is 44.2 Å². The molecule has 3 rings (SSSR count). The lowest BCUT2D eigenvalue weighted by Gasteiger charge is -2.12. The molecule has 0 fully saturated rings. The Labute approximate surface area is 154 Å². The molecule has 0 unspecified atom stereocenters. The number of nitrogens with one attached hydrogen (secondary N) is 1. The summed E-state index contributed by atoms with van der Waals surface area (Å²) in [6.45, 7) is 3.47. The molecule has 2 aromatic carbocycles. The number of halogens is 2. The van der Waals surface area contributed by atoms with Crippen molar-refractivity contribution in [2.24, 2.45) is 0 Å². The summed E-state index contributed by atoms with van der Waals surface area (Å²) in [5.41, 5.74) is 1.09. The number of rotatable bonds is 3. The van der Waals surface area contributed by atoms with Gasteiger partial charge in [-0.15, -0.1) is 0 Å². The fourth-order valence-electron chi connectivity index (χ4n) is 2.46. The SMILES string of the molecule is Cc1ccc(F)c(NC(=O)c2nn(-c3ccc(Cl)cc3)c(C)cc2=O)c1. The number of aromatic nitrogens is 2. The van der Waals surface area contributed by atoms with Crippen molar-refractivity contribution in [1.29, 1.82) is 0 Å². The van der Waals surface area contributed by atoms with E-state index in [0.717, 1.165) is 5.56 Å². The standard InChI is InChI=1S/C19H15ClFN3O2/c1-11-3-8-15(21)16(9-11)22-19(26)18-17(25)10-12(2)24(23-18)14-6-4-13(20)5-7-14/h3-10H,1-2H3,(H,22,26). The molecule has 0 spiro atoms. The smallest absolute Gasteiger partial charge is 0.280 e. The second-order valence-corrected chi connectivity index (χ2v) is 6.26. The summed E-state index contributed by atoms with van der Waals surface area (Å²) < 4.78 is 15.3. The fraction of sp³-hybridized carbons (Fsp3) is 0.105. The molecule has 0 bridgehead atoms. The molecule has 5 nitrogen and oxygen atoms in total. The topological polar surface area (TPSA) is 64.0 Å². The molecule has 0 saturated heterocycles. The largest absolute Gasteiger partial charge is 0.318 e. The van der Waals surface area contributed by atoms with E-state index in [-0.39, 0.29) is 11.4 Å². The summed E-state index contributed by atoms with van der Waals surface area (Å²) >= 11 is 5.88. The zero-order chi connectivity index (χ0) is 18.8. The van der Waals surface area contributed by atoms with E-state index in [9.17, 15) is 14.0 Å². The van der Waals surface area contributed by atoms with Crippen LogP contribution in [0.5, 0.6) is 0 Å². The second-order valence-electron chi connectivity index (χ2n) is 5.82. The number of anilines is 1. The molecule has 0 aliphatic rings. The lowest BCUT2D eigenvalue weighted by Crippen LogP contribution is -2.27. The van der Waals surface area contributed by atoms with Gasteiger partial charge in [-0.3, -0.25) is 9.59 Å². The van der Waals surface area contributed by atoms with Crippen LogP contribution in [0.15, 0.2) is 53.3 Å². The van der Waals surface area contributed by atoms with Gasteiger partial charge in [-0.1, -0.05) is 17.7 Å². The van der Waals surface area contributed by atoms with Crippen molar-refractivity contribution in [3.63, 3.8) is 0 Å². The van der Waals surface area contributed by atoms with Gasteiger partial charge in [-0.05, 0) is 55.8 Å². The first-order valence-electron chi connectivity index (χ1n) is 7.79. The molecule has 26 heavy (non-hydrogen) atoms. The Balaban J connectivity index is 2.00. The summed E-state index contributed by atoms with van der Waals surface area (Å²) in [6.07, 6.45) is 0. The van der Waals surface area contributed by atoms with Gasteiger partial charge in [0, 0.05) is 16.8 Å². The Morgan fingerprint density at radius 1 is 1.12 bits per heavy atom. The summed E-state index contributed by atoms with van der Waals surface area (Å²) in [6, 6.07) is 12.4. The maximum atomic E-state index is 13.9. The van der Waals surface area contributed by atoms with Crippen molar-refractivity contribution in [3.05, 3.63) is 86.5 Å². The molecule has 132 valence electrons. The first-order valence-corrected chi connectivity index (χ1v) is 8.17. The van der Waals surface area contributed by atoms with Crippen LogP contribution >= 0.6 is 11.6 Å². The summed E-state index contributed by atoms with van der Waals surface area (Å²) in [4.78, 5) is 24.7. The number of carbonyl (C=O) groups excluding carboxylic acids is 1. The van der Waals surface area contributed by atoms with Gasteiger partial charge in [0.25, 0.3) is 5.91 Å². The van der Waals surface area contributed by atoms with Gasteiger partial charge in [0.05, 0.1) is 11.4 Å². The van der Waals surface area contributed by atoms with Crippen LogP contribution in [0, 0.1) is 19.7 Å². The third-order valence-electron chi connectivity index (χ3n) is 3.76. The van der Waals surface area contributed by atoms with Crippen LogP contribution in [0.1, 0.15) is 21.7 Å². The van der Waals surface area contributed by atoms with Gasteiger partial charge in [0.2, 0.25) is 5.43 Å². The highest BCUT2D eigenvalue weighted by Crippen LogP contribution is 2.17. The number of aryl methyl sites for hydroxylation is 2. The highest BCUT2D eigenvalue weighted by molar-refractivity contribution is 6.30. The molecule has 0 aliphatic carbocycles. The predicted molar refractivity (Wildman–Crippen MR) is 98.7 cm³/mol. The quantitative estimate of drug-likeness (QED) is 0.759. The number of hydrogen-bond donors (Lipinski definition) is 1. The monoisotopic (exact) mass is 371 g/mol. The maximum Gasteiger partial charge on any atom is 0.280 e. The van der Waals surface area contributed by atoms with Crippen LogP contribution in [-0.2, 0) is 0 Å². The van der Waals surface area contributed by atoms with Crippen molar-refractivity contribution < 1.29 is 9.18 Å². The van der Waals surface area contributed by atoms with Gasteiger partial charge in [-0.25, -0.2) is 9.07 Å². The van der Waals surface area contributed by atoms with Gasteiger partial charge < -0.3 is 5.32 Å². The minimum Gasteiger partial charge on any atom is -0.318 e. The van der Waals surface area contributed by atoms with Crippen molar-refractivity contribution in [2.45, 2.75) is 13.8 Å². The normalized spacial score (nSPS) is 10.6. The summed E-state index contributed by atoms with van der Waals surface area (Å²) in [5.74, 6) is -1.36. The number of carbonyl (C=O) groups is 1. The molecule has 1 aromatic heterocycles. The van der Waals surface area contributed by atoms with Crippen LogP contribution in [0.2, 0.25) is 5.02 Å². The maximum absolute atomic E-state index is 13.9. The van der Waals surface area contributed by atoms with Gasteiger partial charge in [-0.2, -0.15) is 5.10 Å². The Bertz CT molecular complexity index is 1050. The first kappa shape index (κ1) is 17.8. The minimum atomic E-state index is -0.776. The summed E-state index contributed by atoms with van der Waals surface area (Å²) in [5, 5.41) is 7.11. The molecule has 7 heteroatoms. The zero-order valence-electron chi connectivity index (χ0n) is 14.1. The number of hydrogen-bond acceptors (Lipinski definition) is 3. The van der Waals surface area contributed by atoms with Crippen LogP contribution < -0.4 is 10.7 Å². The van der Waals surface area contributed by atoms with Gasteiger partial charge in [0.15, 0.2) is 5.69 Å². The van der Waals surface area contributed by atoms with E-state index in [0.29, 0.717) is 16.4 Å². The molecule has 0 radical (unpaired) electrons. The Kier molecular flexibility index (Phi) is 4.86. The Morgan fingerprint density at radius 3 is 2.50 bits per heavy atom. The minimum absolute atomic E-state index is 0.00480.